The molecule has 0 saturated heterocycles. The summed E-state index contributed by atoms with van der Waals surface area (Å²) in [6, 6.07) is 8.54. The van der Waals surface area contributed by atoms with E-state index >= 15 is 0 Å². The van der Waals surface area contributed by atoms with Gasteiger partial charge in [-0.3, -0.25) is 0 Å². The van der Waals surface area contributed by atoms with Crippen molar-refractivity contribution in [3.63, 3.8) is 0 Å². The fourth-order valence-electron chi connectivity index (χ4n) is 1.96. The molecule has 1 aliphatic carbocycles. The van der Waals surface area contributed by atoms with E-state index in [1.54, 1.807) is 0 Å². The topological polar surface area (TPSA) is 23.8 Å². The molecule has 0 spiro atoms. The Labute approximate surface area is 91.0 Å². The van der Waals surface area contributed by atoms with Crippen molar-refractivity contribution in [1.29, 1.82) is 5.26 Å². The maximum Gasteiger partial charge on any atom is 0.0997 e. The summed E-state index contributed by atoms with van der Waals surface area (Å²) < 4.78 is 0. The lowest BCUT2D eigenvalue weighted by atomic mass is 9.91. The number of benzene rings is 1. The zero-order valence-electron chi connectivity index (χ0n) is 9.03. The minimum atomic E-state index is 0.262. The van der Waals surface area contributed by atoms with E-state index in [0.717, 1.165) is 11.1 Å². The van der Waals surface area contributed by atoms with Crippen molar-refractivity contribution in [3.8, 4) is 6.07 Å². The molecule has 0 bridgehead atoms. The first-order valence-electron chi connectivity index (χ1n) is 5.43. The summed E-state index contributed by atoms with van der Waals surface area (Å²) in [5.41, 5.74) is 3.24. The van der Waals surface area contributed by atoms with Gasteiger partial charge in [-0.1, -0.05) is 31.2 Å². The Hall–Kier alpha value is -1.55. The molecule has 1 unspecified atom stereocenters. The van der Waals surface area contributed by atoms with Crippen LogP contribution in [0.2, 0.25) is 0 Å². The second-order valence-electron chi connectivity index (χ2n) is 4.22. The molecule has 1 aromatic carbocycles. The molecule has 1 heteroatoms. The number of nitriles is 1. The predicted octanol–water partition coefficient (Wildman–Crippen LogP) is 3.73. The Morgan fingerprint density at radius 2 is 2.27 bits per heavy atom. The molecular formula is C14H15N. The van der Waals surface area contributed by atoms with Crippen LogP contribution in [0.1, 0.15) is 48.3 Å². The Morgan fingerprint density at radius 1 is 1.53 bits per heavy atom. The average Bonchev–Trinajstić information content (AvgIpc) is 3.10. The predicted molar refractivity (Wildman–Crippen MR) is 61.7 cm³/mol. The third kappa shape index (κ3) is 1.80. The van der Waals surface area contributed by atoms with E-state index in [0.29, 0.717) is 5.92 Å². The molecule has 1 nitrogen and oxygen atoms in total. The largest absolute Gasteiger partial charge is 0.192 e. The number of allylic oxidation sites excluding steroid dienone is 1. The van der Waals surface area contributed by atoms with Gasteiger partial charge in [-0.2, -0.15) is 5.26 Å². The average molecular weight is 197 g/mol. The van der Waals surface area contributed by atoms with Gasteiger partial charge in [-0.25, -0.2) is 0 Å². The van der Waals surface area contributed by atoms with Crippen molar-refractivity contribution in [2.75, 3.05) is 0 Å². The van der Waals surface area contributed by atoms with Gasteiger partial charge >= 0.3 is 0 Å². The van der Waals surface area contributed by atoms with Crippen LogP contribution in [0.4, 0.5) is 0 Å². The number of hydrogen-bond acceptors (Lipinski definition) is 1. The van der Waals surface area contributed by atoms with Gasteiger partial charge in [0.15, 0.2) is 0 Å². The third-order valence-corrected chi connectivity index (χ3v) is 3.10. The highest BCUT2D eigenvalue weighted by molar-refractivity contribution is 5.49. The van der Waals surface area contributed by atoms with Crippen LogP contribution in [-0.2, 0) is 0 Å². The molecule has 1 fully saturated rings. The minimum absolute atomic E-state index is 0.262. The molecule has 0 aliphatic heterocycles. The van der Waals surface area contributed by atoms with Crippen LogP contribution in [0.3, 0.4) is 0 Å². The van der Waals surface area contributed by atoms with Gasteiger partial charge in [0.1, 0.15) is 0 Å². The summed E-state index contributed by atoms with van der Waals surface area (Å²) in [6.07, 6.45) is 4.37. The van der Waals surface area contributed by atoms with Gasteiger partial charge in [0, 0.05) is 5.92 Å². The molecule has 0 N–H and O–H groups in total. The first kappa shape index (κ1) is 9.98. The molecule has 1 aromatic rings. The molecule has 76 valence electrons. The molecule has 15 heavy (non-hydrogen) atoms. The first-order valence-corrected chi connectivity index (χ1v) is 5.43. The summed E-state index contributed by atoms with van der Waals surface area (Å²) in [5.74, 6) is 0.898. The zero-order chi connectivity index (χ0) is 10.8. The molecule has 0 amide bonds. The van der Waals surface area contributed by atoms with Gasteiger partial charge in [0.05, 0.1) is 11.6 Å². The fourth-order valence-corrected chi connectivity index (χ4v) is 1.96. The van der Waals surface area contributed by atoms with E-state index in [9.17, 15) is 5.26 Å². The van der Waals surface area contributed by atoms with Crippen LogP contribution in [0, 0.1) is 11.3 Å². The number of rotatable bonds is 3. The summed E-state index contributed by atoms with van der Waals surface area (Å²) in [5, 5.41) is 9.24. The number of hydrogen-bond donors (Lipinski definition) is 0. The van der Waals surface area contributed by atoms with Gasteiger partial charge in [0.2, 0.25) is 0 Å². The highest BCUT2D eigenvalue weighted by Crippen LogP contribution is 2.42. The number of nitrogens with zero attached hydrogens (tertiary/aromatic N) is 1. The highest BCUT2D eigenvalue weighted by Gasteiger charge is 2.27. The zero-order valence-corrected chi connectivity index (χ0v) is 9.03. The summed E-state index contributed by atoms with van der Waals surface area (Å²) in [6.45, 7) is 5.88. The van der Waals surface area contributed by atoms with Gasteiger partial charge in [-0.05, 0) is 29.9 Å². The van der Waals surface area contributed by atoms with Crippen LogP contribution in [0.25, 0.3) is 0 Å². The Kier molecular flexibility index (Phi) is 2.60. The van der Waals surface area contributed by atoms with E-state index in [2.05, 4.69) is 31.7 Å². The van der Waals surface area contributed by atoms with Gasteiger partial charge in [0.25, 0.3) is 0 Å². The lowest BCUT2D eigenvalue weighted by molar-refractivity contribution is 0.951. The normalized spacial score (nSPS) is 16.8. The second-order valence-corrected chi connectivity index (χ2v) is 4.22. The van der Waals surface area contributed by atoms with E-state index in [-0.39, 0.29) is 5.92 Å². The SMILES string of the molecule is C=CC(C)c1cccc(C2CC2)c1C#N. The van der Waals surface area contributed by atoms with Gasteiger partial charge < -0.3 is 0 Å². The Morgan fingerprint density at radius 3 is 2.80 bits per heavy atom. The van der Waals surface area contributed by atoms with Crippen LogP contribution in [0.15, 0.2) is 30.9 Å². The standard InChI is InChI=1S/C14H15N/c1-3-10(2)12-5-4-6-13(11-7-8-11)14(12)9-15/h3-6,10-11H,1,7-8H2,2H3. The summed E-state index contributed by atoms with van der Waals surface area (Å²) >= 11 is 0. The first-order chi connectivity index (χ1) is 7.27. The lowest BCUT2D eigenvalue weighted by Gasteiger charge is -2.11. The quantitative estimate of drug-likeness (QED) is 0.677. The monoisotopic (exact) mass is 197 g/mol. The van der Waals surface area contributed by atoms with Crippen LogP contribution in [-0.4, -0.2) is 0 Å². The summed E-state index contributed by atoms with van der Waals surface area (Å²) in [4.78, 5) is 0. The van der Waals surface area contributed by atoms with Crippen molar-refractivity contribution in [2.24, 2.45) is 0 Å². The molecule has 1 aliphatic rings. The van der Waals surface area contributed by atoms with E-state index < -0.39 is 0 Å². The molecule has 1 atom stereocenters. The maximum atomic E-state index is 9.24. The van der Waals surface area contributed by atoms with Crippen LogP contribution < -0.4 is 0 Å². The lowest BCUT2D eigenvalue weighted by Crippen LogP contribution is -1.97. The van der Waals surface area contributed by atoms with Crippen LogP contribution >= 0.6 is 0 Å². The molecule has 0 aromatic heterocycles. The van der Waals surface area contributed by atoms with Gasteiger partial charge in [-0.15, -0.1) is 6.58 Å². The fraction of sp³-hybridized carbons (Fsp3) is 0.357. The smallest absolute Gasteiger partial charge is 0.0997 e. The highest BCUT2D eigenvalue weighted by atomic mass is 14.3. The Bertz CT molecular complexity index is 421. The van der Waals surface area contributed by atoms with Crippen molar-refractivity contribution in [2.45, 2.75) is 31.6 Å². The van der Waals surface area contributed by atoms with E-state index in [1.807, 2.05) is 12.1 Å². The molecule has 2 rings (SSSR count). The second kappa shape index (κ2) is 3.90. The maximum absolute atomic E-state index is 9.24. The van der Waals surface area contributed by atoms with Crippen LogP contribution in [0.5, 0.6) is 0 Å². The minimum Gasteiger partial charge on any atom is -0.192 e. The van der Waals surface area contributed by atoms with Crippen molar-refractivity contribution in [1.82, 2.24) is 0 Å². The molecule has 0 radical (unpaired) electrons. The third-order valence-electron chi connectivity index (χ3n) is 3.10. The van der Waals surface area contributed by atoms with E-state index in [1.165, 1.54) is 18.4 Å². The molecular weight excluding hydrogens is 182 g/mol. The van der Waals surface area contributed by atoms with E-state index in [4.69, 9.17) is 0 Å². The molecule has 0 heterocycles. The molecule has 1 saturated carbocycles. The Balaban J connectivity index is 2.50. The van der Waals surface area contributed by atoms with Crippen molar-refractivity contribution in [3.05, 3.63) is 47.5 Å². The summed E-state index contributed by atoms with van der Waals surface area (Å²) in [7, 11) is 0. The van der Waals surface area contributed by atoms with Crippen molar-refractivity contribution >= 4 is 0 Å². The van der Waals surface area contributed by atoms with Crippen molar-refractivity contribution < 1.29 is 0 Å².